The molecule has 0 heterocycles. The number of nitrogen functional groups attached to an aromatic ring is 1. The van der Waals surface area contributed by atoms with Gasteiger partial charge in [-0.15, -0.1) is 0 Å². The molecule has 0 aromatic heterocycles. The first kappa shape index (κ1) is 14.6. The molecule has 5 nitrogen and oxygen atoms in total. The fourth-order valence-electron chi connectivity index (χ4n) is 1.76. The van der Waals surface area contributed by atoms with Gasteiger partial charge in [0.15, 0.2) is 0 Å². The zero-order valence-corrected chi connectivity index (χ0v) is 10.7. The van der Waals surface area contributed by atoms with Gasteiger partial charge >= 0.3 is 12.6 Å². The Kier molecular flexibility index (Phi) is 4.22. The second-order valence-corrected chi connectivity index (χ2v) is 4.11. The molecule has 0 unspecified atom stereocenters. The molecule has 4 N–H and O–H groups in total. The van der Waals surface area contributed by atoms with Gasteiger partial charge < -0.3 is 20.9 Å². The van der Waals surface area contributed by atoms with Crippen molar-refractivity contribution in [3.63, 3.8) is 0 Å². The number of rotatable bonds is 5. The zero-order valence-electron chi connectivity index (χ0n) is 10.7. The van der Waals surface area contributed by atoms with Gasteiger partial charge in [0.1, 0.15) is 5.75 Å². The molecule has 0 bridgehead atoms. The first-order valence-electron chi connectivity index (χ1n) is 5.91. The van der Waals surface area contributed by atoms with E-state index in [-0.39, 0.29) is 28.4 Å². The molecule has 0 atom stereocenters. The van der Waals surface area contributed by atoms with E-state index in [4.69, 9.17) is 10.8 Å². The van der Waals surface area contributed by atoms with Crippen molar-refractivity contribution in [3.05, 3.63) is 48.0 Å². The van der Waals surface area contributed by atoms with Gasteiger partial charge in [-0.2, -0.15) is 8.78 Å². The number of halogens is 2. The normalized spacial score (nSPS) is 10.4. The van der Waals surface area contributed by atoms with Crippen LogP contribution in [0.15, 0.2) is 42.5 Å². The largest absolute Gasteiger partial charge is 0.478 e. The van der Waals surface area contributed by atoms with Crippen LogP contribution in [0, 0.1) is 0 Å². The average Bonchev–Trinajstić information content (AvgIpc) is 2.42. The third kappa shape index (κ3) is 3.59. The summed E-state index contributed by atoms with van der Waals surface area (Å²) in [5.41, 5.74) is 6.21. The van der Waals surface area contributed by atoms with Crippen molar-refractivity contribution in [2.45, 2.75) is 6.61 Å². The molecule has 110 valence electrons. The molecule has 0 fully saturated rings. The first-order chi connectivity index (χ1) is 9.97. The van der Waals surface area contributed by atoms with Gasteiger partial charge in [0, 0.05) is 5.69 Å². The summed E-state index contributed by atoms with van der Waals surface area (Å²) in [6.45, 7) is -2.97. The predicted octanol–water partition coefficient (Wildman–Crippen LogP) is 3.31. The van der Waals surface area contributed by atoms with Crippen LogP contribution >= 0.6 is 0 Å². The van der Waals surface area contributed by atoms with Crippen LogP contribution in [0.2, 0.25) is 0 Å². The summed E-state index contributed by atoms with van der Waals surface area (Å²) >= 11 is 0. The molecule has 0 aliphatic rings. The Morgan fingerprint density at radius 1 is 1.19 bits per heavy atom. The summed E-state index contributed by atoms with van der Waals surface area (Å²) in [5, 5.41) is 11.9. The number of carboxylic acid groups (broad SMARTS) is 1. The number of nitrogens with two attached hydrogens (primary N) is 1. The van der Waals surface area contributed by atoms with Crippen molar-refractivity contribution in [2.24, 2.45) is 0 Å². The van der Waals surface area contributed by atoms with E-state index in [0.29, 0.717) is 0 Å². The van der Waals surface area contributed by atoms with Crippen LogP contribution in [0.1, 0.15) is 10.4 Å². The van der Waals surface area contributed by atoms with Crippen molar-refractivity contribution >= 4 is 23.0 Å². The minimum atomic E-state index is -2.97. The third-order valence-electron chi connectivity index (χ3n) is 2.65. The lowest BCUT2D eigenvalue weighted by Gasteiger charge is -2.14. The van der Waals surface area contributed by atoms with Crippen molar-refractivity contribution in [1.82, 2.24) is 0 Å². The monoisotopic (exact) mass is 294 g/mol. The summed E-state index contributed by atoms with van der Waals surface area (Å²) in [7, 11) is 0. The van der Waals surface area contributed by atoms with E-state index in [1.54, 1.807) is 6.07 Å². The fraction of sp³-hybridized carbons (Fsp3) is 0.0714. The van der Waals surface area contributed by atoms with E-state index in [2.05, 4.69) is 10.1 Å². The van der Waals surface area contributed by atoms with E-state index in [1.807, 2.05) is 0 Å². The maximum atomic E-state index is 12.3. The zero-order chi connectivity index (χ0) is 15.4. The lowest BCUT2D eigenvalue weighted by Crippen LogP contribution is -2.07. The van der Waals surface area contributed by atoms with E-state index < -0.39 is 12.6 Å². The number of nitrogens with one attached hydrogen (secondary N) is 1. The quantitative estimate of drug-likeness (QED) is 0.737. The van der Waals surface area contributed by atoms with Gasteiger partial charge in [-0.25, -0.2) is 4.79 Å². The molecular weight excluding hydrogens is 282 g/mol. The molecule has 0 aliphatic carbocycles. The molecule has 2 aromatic rings. The van der Waals surface area contributed by atoms with Crippen molar-refractivity contribution in [3.8, 4) is 5.75 Å². The van der Waals surface area contributed by atoms with Crippen LogP contribution in [0.25, 0.3) is 0 Å². The van der Waals surface area contributed by atoms with Gasteiger partial charge in [-0.05, 0) is 30.3 Å². The highest BCUT2D eigenvalue weighted by atomic mass is 19.3. The molecule has 21 heavy (non-hydrogen) atoms. The van der Waals surface area contributed by atoms with Crippen molar-refractivity contribution < 1.29 is 23.4 Å². The van der Waals surface area contributed by atoms with Gasteiger partial charge in [-0.3, -0.25) is 0 Å². The Bertz CT molecular complexity index is 662. The van der Waals surface area contributed by atoms with Crippen molar-refractivity contribution in [1.29, 1.82) is 0 Å². The van der Waals surface area contributed by atoms with Gasteiger partial charge in [0.05, 0.1) is 16.9 Å². The molecule has 7 heteroatoms. The average molecular weight is 294 g/mol. The summed E-state index contributed by atoms with van der Waals surface area (Å²) < 4.78 is 29.1. The maximum absolute atomic E-state index is 12.3. The SMILES string of the molecule is Nc1ccc(Nc2ccccc2OC(F)F)c(C(=O)O)c1. The Hall–Kier alpha value is -2.83. The molecule has 2 rings (SSSR count). The Morgan fingerprint density at radius 2 is 1.90 bits per heavy atom. The lowest BCUT2D eigenvalue weighted by atomic mass is 10.1. The van der Waals surface area contributed by atoms with Gasteiger partial charge in [-0.1, -0.05) is 12.1 Å². The van der Waals surface area contributed by atoms with E-state index in [9.17, 15) is 13.6 Å². The molecular formula is C14H12F2N2O3. The highest BCUT2D eigenvalue weighted by Gasteiger charge is 2.14. The van der Waals surface area contributed by atoms with Crippen LogP contribution in [-0.4, -0.2) is 17.7 Å². The molecule has 0 amide bonds. The number of hydrogen-bond acceptors (Lipinski definition) is 4. The molecule has 0 radical (unpaired) electrons. The van der Waals surface area contributed by atoms with E-state index in [1.165, 1.54) is 36.4 Å². The highest BCUT2D eigenvalue weighted by Crippen LogP contribution is 2.30. The van der Waals surface area contributed by atoms with Crippen molar-refractivity contribution in [2.75, 3.05) is 11.1 Å². The number of para-hydroxylation sites is 2. The smallest absolute Gasteiger partial charge is 0.387 e. The minimum Gasteiger partial charge on any atom is -0.478 e. The summed E-state index contributed by atoms with van der Waals surface area (Å²) in [6, 6.07) is 10.2. The molecule has 0 spiro atoms. The second-order valence-electron chi connectivity index (χ2n) is 4.11. The Balaban J connectivity index is 2.37. The van der Waals surface area contributed by atoms with E-state index >= 15 is 0 Å². The van der Waals surface area contributed by atoms with Crippen LogP contribution in [-0.2, 0) is 0 Å². The van der Waals surface area contributed by atoms with E-state index in [0.717, 1.165) is 0 Å². The number of alkyl halides is 2. The molecule has 0 aliphatic heterocycles. The minimum absolute atomic E-state index is 0.0677. The number of benzene rings is 2. The van der Waals surface area contributed by atoms with Crippen LogP contribution in [0.3, 0.4) is 0 Å². The van der Waals surface area contributed by atoms with Crippen LogP contribution in [0.5, 0.6) is 5.75 Å². The summed E-state index contributed by atoms with van der Waals surface area (Å²) in [5.74, 6) is -1.27. The number of aromatic carboxylic acids is 1. The maximum Gasteiger partial charge on any atom is 0.387 e. The summed E-state index contributed by atoms with van der Waals surface area (Å²) in [4.78, 5) is 11.2. The fourth-order valence-corrected chi connectivity index (χ4v) is 1.76. The third-order valence-corrected chi connectivity index (χ3v) is 2.65. The molecule has 2 aromatic carbocycles. The number of hydrogen-bond donors (Lipinski definition) is 3. The number of ether oxygens (including phenoxy) is 1. The number of carbonyl (C=O) groups is 1. The molecule has 0 saturated heterocycles. The lowest BCUT2D eigenvalue weighted by molar-refractivity contribution is -0.0493. The van der Waals surface area contributed by atoms with Gasteiger partial charge in [0.2, 0.25) is 0 Å². The number of carboxylic acids is 1. The topological polar surface area (TPSA) is 84.6 Å². The standard InChI is InChI=1S/C14H12F2N2O3/c15-14(16)21-12-4-2-1-3-11(12)18-10-6-5-8(17)7-9(10)13(19)20/h1-7,14,18H,17H2,(H,19,20). The highest BCUT2D eigenvalue weighted by molar-refractivity contribution is 5.96. The Morgan fingerprint density at radius 3 is 2.57 bits per heavy atom. The Labute approximate surface area is 119 Å². The number of anilines is 3. The second kappa shape index (κ2) is 6.08. The van der Waals surface area contributed by atoms with Crippen LogP contribution < -0.4 is 15.8 Å². The first-order valence-corrected chi connectivity index (χ1v) is 5.91. The van der Waals surface area contributed by atoms with Gasteiger partial charge in [0.25, 0.3) is 0 Å². The predicted molar refractivity (Wildman–Crippen MR) is 74.2 cm³/mol. The molecule has 0 saturated carbocycles. The van der Waals surface area contributed by atoms with Crippen LogP contribution in [0.4, 0.5) is 25.8 Å². The summed E-state index contributed by atoms with van der Waals surface area (Å²) in [6.07, 6.45) is 0.